The maximum absolute atomic E-state index is 11.8. The quantitative estimate of drug-likeness (QED) is 0.458. The van der Waals surface area contributed by atoms with E-state index >= 15 is 0 Å². The lowest BCUT2D eigenvalue weighted by Crippen LogP contribution is -2.35. The van der Waals surface area contributed by atoms with Gasteiger partial charge in [0.15, 0.2) is 11.9 Å². The molecule has 0 spiro atoms. The molecule has 0 aromatic heterocycles. The lowest BCUT2D eigenvalue weighted by Gasteiger charge is -2.19. The van der Waals surface area contributed by atoms with Gasteiger partial charge >= 0.3 is 5.69 Å². The predicted molar refractivity (Wildman–Crippen MR) is 79.6 cm³/mol. The minimum atomic E-state index is -0.946. The molecule has 0 saturated carbocycles. The summed E-state index contributed by atoms with van der Waals surface area (Å²) < 4.78 is 5.79. The Balaban J connectivity index is 3.35. The van der Waals surface area contributed by atoms with Gasteiger partial charge in [0.25, 0.3) is 5.91 Å². The number of ketones is 1. The molecule has 21 heavy (non-hydrogen) atoms. The molecule has 0 heterocycles. The maximum Gasteiger partial charge on any atom is 0.312 e. The first-order valence-corrected chi connectivity index (χ1v) is 6.81. The highest BCUT2D eigenvalue weighted by Gasteiger charge is 2.27. The zero-order chi connectivity index (χ0) is 16.3. The highest BCUT2D eigenvalue weighted by atomic mass is 79.9. The van der Waals surface area contributed by atoms with Crippen LogP contribution >= 0.6 is 15.9 Å². The van der Waals surface area contributed by atoms with Gasteiger partial charge in [0.05, 0.1) is 10.5 Å². The number of hydrogen-bond donors (Lipinski definition) is 0. The van der Waals surface area contributed by atoms with E-state index in [0.29, 0.717) is 4.47 Å². The zero-order valence-corrected chi connectivity index (χ0v) is 13.6. The van der Waals surface area contributed by atoms with Crippen molar-refractivity contribution in [2.45, 2.75) is 20.0 Å². The number of nitro groups is 1. The van der Waals surface area contributed by atoms with Gasteiger partial charge in [-0.2, -0.15) is 0 Å². The molecular formula is C13H15BrN2O5. The molecule has 0 aliphatic rings. The average Bonchev–Trinajstić information content (AvgIpc) is 2.38. The summed E-state index contributed by atoms with van der Waals surface area (Å²) in [5, 5.41) is 11.1. The first-order chi connectivity index (χ1) is 9.65. The van der Waals surface area contributed by atoms with Crippen molar-refractivity contribution in [3.8, 4) is 5.75 Å². The fourth-order valence-corrected chi connectivity index (χ4v) is 2.14. The van der Waals surface area contributed by atoms with Gasteiger partial charge in [-0.05, 0) is 19.9 Å². The normalized spacial score (nSPS) is 11.7. The molecule has 0 aliphatic carbocycles. The molecule has 1 unspecified atom stereocenters. The van der Waals surface area contributed by atoms with Gasteiger partial charge in [-0.1, -0.05) is 15.9 Å². The maximum atomic E-state index is 11.8. The smallest absolute Gasteiger partial charge is 0.312 e. The van der Waals surface area contributed by atoms with E-state index < -0.39 is 11.0 Å². The Labute approximate surface area is 130 Å². The average molecular weight is 359 g/mol. The van der Waals surface area contributed by atoms with Crippen LogP contribution in [-0.2, 0) is 4.79 Å². The standard InChI is InChI=1S/C13H15BrN2O5/c1-7(17)10-5-9(14)6-11(16(19)20)12(10)21-8(2)13(18)15(3)4/h5-6,8H,1-4H3. The highest BCUT2D eigenvalue weighted by Crippen LogP contribution is 2.35. The van der Waals surface area contributed by atoms with Crippen molar-refractivity contribution in [2.75, 3.05) is 14.1 Å². The number of nitrogens with zero attached hydrogens (tertiary/aromatic N) is 2. The molecule has 1 aromatic carbocycles. The number of carbonyl (C=O) groups excluding carboxylic acids is 2. The van der Waals surface area contributed by atoms with Gasteiger partial charge in [0.2, 0.25) is 5.75 Å². The highest BCUT2D eigenvalue weighted by molar-refractivity contribution is 9.10. The van der Waals surface area contributed by atoms with Crippen LogP contribution in [0.25, 0.3) is 0 Å². The van der Waals surface area contributed by atoms with Gasteiger partial charge in [-0.3, -0.25) is 19.7 Å². The fourth-order valence-electron chi connectivity index (χ4n) is 1.69. The van der Waals surface area contributed by atoms with Crippen LogP contribution in [0.5, 0.6) is 5.75 Å². The lowest BCUT2D eigenvalue weighted by atomic mass is 10.1. The summed E-state index contributed by atoms with van der Waals surface area (Å²) in [7, 11) is 3.09. The first kappa shape index (κ1) is 17.1. The van der Waals surface area contributed by atoms with Gasteiger partial charge in [-0.15, -0.1) is 0 Å². The molecule has 1 amide bonds. The summed E-state index contributed by atoms with van der Waals surface area (Å²) in [6, 6.07) is 2.66. The molecule has 0 saturated heterocycles. The topological polar surface area (TPSA) is 89.7 Å². The van der Waals surface area contributed by atoms with Gasteiger partial charge in [0.1, 0.15) is 0 Å². The predicted octanol–water partition coefficient (Wildman–Crippen LogP) is 2.42. The van der Waals surface area contributed by atoms with E-state index in [2.05, 4.69) is 15.9 Å². The van der Waals surface area contributed by atoms with Gasteiger partial charge in [0, 0.05) is 24.6 Å². The Hall–Kier alpha value is -1.96. The van der Waals surface area contributed by atoms with Crippen molar-refractivity contribution >= 4 is 33.3 Å². The number of carbonyl (C=O) groups is 2. The number of nitro benzene ring substituents is 1. The first-order valence-electron chi connectivity index (χ1n) is 6.01. The summed E-state index contributed by atoms with van der Waals surface area (Å²) >= 11 is 3.11. The van der Waals surface area contributed by atoms with Crippen LogP contribution in [0.3, 0.4) is 0 Å². The number of amides is 1. The van der Waals surface area contributed by atoms with Gasteiger partial charge in [-0.25, -0.2) is 0 Å². The van der Waals surface area contributed by atoms with Crippen LogP contribution in [0.1, 0.15) is 24.2 Å². The number of ether oxygens (including phenoxy) is 1. The molecule has 0 bridgehead atoms. The van der Waals surface area contributed by atoms with Crippen molar-refractivity contribution in [2.24, 2.45) is 0 Å². The molecule has 0 fully saturated rings. The van der Waals surface area contributed by atoms with Crippen molar-refractivity contribution < 1.29 is 19.2 Å². The number of Topliss-reactive ketones (excluding diaryl/α,β-unsaturated/α-hetero) is 1. The summed E-state index contributed by atoms with van der Waals surface area (Å²) in [4.78, 5) is 35.3. The molecule has 7 nitrogen and oxygen atoms in total. The second-order valence-electron chi connectivity index (χ2n) is 4.61. The molecule has 0 radical (unpaired) electrons. The number of hydrogen-bond acceptors (Lipinski definition) is 5. The van der Waals surface area contributed by atoms with Crippen molar-refractivity contribution in [1.82, 2.24) is 4.90 Å². The minimum absolute atomic E-state index is 0.0504. The molecule has 0 N–H and O–H groups in total. The largest absolute Gasteiger partial charge is 0.473 e. The number of benzene rings is 1. The zero-order valence-electron chi connectivity index (χ0n) is 12.0. The Morgan fingerprint density at radius 3 is 2.38 bits per heavy atom. The summed E-state index contributed by atoms with van der Waals surface area (Å²) in [5.74, 6) is -0.945. The van der Waals surface area contributed by atoms with Crippen LogP contribution in [0.4, 0.5) is 5.69 Å². The third-order valence-corrected chi connectivity index (χ3v) is 3.15. The van der Waals surface area contributed by atoms with Crippen molar-refractivity contribution in [3.05, 3.63) is 32.3 Å². The van der Waals surface area contributed by atoms with Crippen LogP contribution in [-0.4, -0.2) is 41.7 Å². The van der Waals surface area contributed by atoms with E-state index in [9.17, 15) is 19.7 Å². The Kier molecular flexibility index (Phi) is 5.42. The summed E-state index contributed by atoms with van der Waals surface area (Å²) in [5.41, 5.74) is -0.317. The second kappa shape index (κ2) is 6.66. The van der Waals surface area contributed by atoms with E-state index in [4.69, 9.17) is 4.74 Å². The van der Waals surface area contributed by atoms with E-state index in [1.807, 2.05) is 0 Å². The molecule has 0 aliphatic heterocycles. The second-order valence-corrected chi connectivity index (χ2v) is 5.52. The Morgan fingerprint density at radius 1 is 1.38 bits per heavy atom. The van der Waals surface area contributed by atoms with Crippen LogP contribution in [0.2, 0.25) is 0 Å². The molecule has 1 aromatic rings. The third kappa shape index (κ3) is 4.01. The molecule has 8 heteroatoms. The van der Waals surface area contributed by atoms with Crippen LogP contribution in [0, 0.1) is 10.1 Å². The fraction of sp³-hybridized carbons (Fsp3) is 0.385. The SMILES string of the molecule is CC(=O)c1cc(Br)cc([N+](=O)[O-])c1OC(C)C(=O)N(C)C. The van der Waals surface area contributed by atoms with E-state index in [0.717, 1.165) is 0 Å². The molecular weight excluding hydrogens is 344 g/mol. The number of halogens is 1. The Morgan fingerprint density at radius 2 is 1.95 bits per heavy atom. The van der Waals surface area contributed by atoms with E-state index in [-0.39, 0.29) is 28.7 Å². The van der Waals surface area contributed by atoms with E-state index in [1.54, 1.807) is 14.1 Å². The summed E-state index contributed by atoms with van der Waals surface area (Å²) in [6.07, 6.45) is -0.946. The van der Waals surface area contributed by atoms with Crippen LogP contribution < -0.4 is 4.74 Å². The lowest BCUT2D eigenvalue weighted by molar-refractivity contribution is -0.386. The van der Waals surface area contributed by atoms with Gasteiger partial charge < -0.3 is 9.64 Å². The third-order valence-electron chi connectivity index (χ3n) is 2.69. The van der Waals surface area contributed by atoms with Crippen molar-refractivity contribution in [1.29, 1.82) is 0 Å². The Bertz CT molecular complexity index is 565. The minimum Gasteiger partial charge on any atom is -0.473 e. The summed E-state index contributed by atoms with van der Waals surface area (Å²) in [6.45, 7) is 2.74. The molecule has 1 rings (SSSR count). The van der Waals surface area contributed by atoms with E-state index in [1.165, 1.54) is 30.9 Å². The molecule has 114 valence electrons. The monoisotopic (exact) mass is 358 g/mol. The van der Waals surface area contributed by atoms with Crippen LogP contribution in [0.15, 0.2) is 16.6 Å². The van der Waals surface area contributed by atoms with Crippen molar-refractivity contribution in [3.63, 3.8) is 0 Å². The number of rotatable bonds is 5. The molecule has 1 atom stereocenters. The number of likely N-dealkylation sites (N-methyl/N-ethyl adjacent to an activating group) is 1.